The Balaban J connectivity index is 2.42. The highest BCUT2D eigenvalue weighted by molar-refractivity contribution is 5.34. The standard InChI is InChI=1S/C8H13NO/c1-2-3-4-8-5-7(9)6-10-8/h5-6H,2-4,9H2,1H3. The summed E-state index contributed by atoms with van der Waals surface area (Å²) >= 11 is 0. The number of nitrogens with two attached hydrogens (primary N) is 1. The third kappa shape index (κ3) is 1.79. The summed E-state index contributed by atoms with van der Waals surface area (Å²) < 4.78 is 5.14. The van der Waals surface area contributed by atoms with Crippen LogP contribution in [0.15, 0.2) is 16.7 Å². The van der Waals surface area contributed by atoms with Crippen molar-refractivity contribution in [3.63, 3.8) is 0 Å². The van der Waals surface area contributed by atoms with Crippen LogP contribution in [-0.2, 0) is 6.42 Å². The van der Waals surface area contributed by atoms with Gasteiger partial charge in [0.25, 0.3) is 0 Å². The van der Waals surface area contributed by atoms with Crippen LogP contribution in [0.4, 0.5) is 5.69 Å². The summed E-state index contributed by atoms with van der Waals surface area (Å²) in [5.74, 6) is 0.999. The van der Waals surface area contributed by atoms with Crippen molar-refractivity contribution in [1.29, 1.82) is 0 Å². The molecule has 1 aromatic rings. The zero-order valence-corrected chi connectivity index (χ0v) is 6.26. The highest BCUT2D eigenvalue weighted by atomic mass is 16.3. The molecule has 0 fully saturated rings. The maximum absolute atomic E-state index is 5.46. The molecule has 0 radical (unpaired) electrons. The predicted octanol–water partition coefficient (Wildman–Crippen LogP) is 2.20. The first-order chi connectivity index (χ1) is 4.83. The molecule has 0 saturated carbocycles. The van der Waals surface area contributed by atoms with E-state index in [0.717, 1.165) is 17.9 Å². The van der Waals surface area contributed by atoms with Crippen molar-refractivity contribution in [2.45, 2.75) is 26.2 Å². The van der Waals surface area contributed by atoms with Gasteiger partial charge in [0.1, 0.15) is 12.0 Å². The van der Waals surface area contributed by atoms with Gasteiger partial charge < -0.3 is 10.2 Å². The molecule has 10 heavy (non-hydrogen) atoms. The summed E-state index contributed by atoms with van der Waals surface area (Å²) in [6.07, 6.45) is 4.96. The van der Waals surface area contributed by atoms with Gasteiger partial charge in [-0.2, -0.15) is 0 Å². The fourth-order valence-corrected chi connectivity index (χ4v) is 0.880. The summed E-state index contributed by atoms with van der Waals surface area (Å²) in [5, 5.41) is 0. The minimum atomic E-state index is 0.728. The highest BCUT2D eigenvalue weighted by Crippen LogP contribution is 2.11. The van der Waals surface area contributed by atoms with Crippen LogP contribution in [0.5, 0.6) is 0 Å². The van der Waals surface area contributed by atoms with Gasteiger partial charge in [-0.3, -0.25) is 0 Å². The normalized spacial score (nSPS) is 10.1. The van der Waals surface area contributed by atoms with E-state index < -0.39 is 0 Å². The van der Waals surface area contributed by atoms with E-state index in [1.165, 1.54) is 12.8 Å². The molecular formula is C8H13NO. The molecule has 2 heteroatoms. The molecule has 0 unspecified atom stereocenters. The van der Waals surface area contributed by atoms with Crippen LogP contribution in [0.2, 0.25) is 0 Å². The predicted molar refractivity (Wildman–Crippen MR) is 41.7 cm³/mol. The first-order valence-electron chi connectivity index (χ1n) is 3.66. The van der Waals surface area contributed by atoms with E-state index in [1.807, 2.05) is 6.07 Å². The Morgan fingerprint density at radius 1 is 1.60 bits per heavy atom. The number of nitrogen functional groups attached to an aromatic ring is 1. The zero-order valence-electron chi connectivity index (χ0n) is 6.26. The molecule has 0 bridgehead atoms. The van der Waals surface area contributed by atoms with Crippen LogP contribution >= 0.6 is 0 Å². The van der Waals surface area contributed by atoms with E-state index >= 15 is 0 Å². The minimum absolute atomic E-state index is 0.728. The summed E-state index contributed by atoms with van der Waals surface area (Å²) in [4.78, 5) is 0. The highest BCUT2D eigenvalue weighted by Gasteiger charge is 1.96. The number of aryl methyl sites for hydroxylation is 1. The molecule has 0 aliphatic rings. The van der Waals surface area contributed by atoms with Crippen LogP contribution in [0.3, 0.4) is 0 Å². The van der Waals surface area contributed by atoms with Gasteiger partial charge >= 0.3 is 0 Å². The topological polar surface area (TPSA) is 39.2 Å². The third-order valence-corrected chi connectivity index (χ3v) is 1.45. The van der Waals surface area contributed by atoms with Crippen LogP contribution in [-0.4, -0.2) is 0 Å². The molecule has 0 amide bonds. The Hall–Kier alpha value is -0.920. The van der Waals surface area contributed by atoms with Gasteiger partial charge in [0, 0.05) is 12.5 Å². The summed E-state index contributed by atoms with van der Waals surface area (Å²) in [6, 6.07) is 1.88. The number of unbranched alkanes of at least 4 members (excludes halogenated alkanes) is 1. The average molecular weight is 139 g/mol. The lowest BCUT2D eigenvalue weighted by atomic mass is 10.2. The summed E-state index contributed by atoms with van der Waals surface area (Å²) in [5.41, 5.74) is 6.18. The van der Waals surface area contributed by atoms with E-state index in [9.17, 15) is 0 Å². The lowest BCUT2D eigenvalue weighted by Gasteiger charge is -1.90. The van der Waals surface area contributed by atoms with Crippen molar-refractivity contribution >= 4 is 5.69 Å². The van der Waals surface area contributed by atoms with Gasteiger partial charge in [0.15, 0.2) is 0 Å². The second-order valence-corrected chi connectivity index (χ2v) is 2.45. The molecule has 2 N–H and O–H groups in total. The van der Waals surface area contributed by atoms with Gasteiger partial charge in [0.05, 0.1) is 5.69 Å². The fourth-order valence-electron chi connectivity index (χ4n) is 0.880. The third-order valence-electron chi connectivity index (χ3n) is 1.45. The number of hydrogen-bond acceptors (Lipinski definition) is 2. The van der Waals surface area contributed by atoms with Crippen molar-refractivity contribution in [2.75, 3.05) is 5.73 Å². The van der Waals surface area contributed by atoms with Crippen molar-refractivity contribution in [1.82, 2.24) is 0 Å². The van der Waals surface area contributed by atoms with Crippen molar-refractivity contribution in [2.24, 2.45) is 0 Å². The molecular weight excluding hydrogens is 126 g/mol. The molecule has 1 aromatic heterocycles. The van der Waals surface area contributed by atoms with Gasteiger partial charge in [-0.15, -0.1) is 0 Å². The second-order valence-electron chi connectivity index (χ2n) is 2.45. The minimum Gasteiger partial charge on any atom is -0.467 e. The number of furan rings is 1. The molecule has 1 rings (SSSR count). The van der Waals surface area contributed by atoms with Crippen molar-refractivity contribution in [3.05, 3.63) is 18.1 Å². The number of anilines is 1. The molecule has 0 aromatic carbocycles. The Labute approximate surface area is 61.0 Å². The van der Waals surface area contributed by atoms with Crippen molar-refractivity contribution < 1.29 is 4.42 Å². The summed E-state index contributed by atoms with van der Waals surface area (Å²) in [7, 11) is 0. The van der Waals surface area contributed by atoms with Gasteiger partial charge in [-0.1, -0.05) is 13.3 Å². The van der Waals surface area contributed by atoms with E-state index in [1.54, 1.807) is 6.26 Å². The quantitative estimate of drug-likeness (QED) is 0.697. The lowest BCUT2D eigenvalue weighted by Crippen LogP contribution is -1.80. The Bertz CT molecular complexity index is 193. The maximum atomic E-state index is 5.46. The largest absolute Gasteiger partial charge is 0.467 e. The van der Waals surface area contributed by atoms with Crippen LogP contribution in [0.1, 0.15) is 25.5 Å². The average Bonchev–Trinajstić information content (AvgIpc) is 2.31. The molecule has 0 aliphatic carbocycles. The Morgan fingerprint density at radius 3 is 2.90 bits per heavy atom. The molecule has 2 nitrogen and oxygen atoms in total. The molecule has 0 saturated heterocycles. The number of rotatable bonds is 3. The molecule has 0 atom stereocenters. The molecule has 0 spiro atoms. The van der Waals surface area contributed by atoms with E-state index in [-0.39, 0.29) is 0 Å². The Kier molecular flexibility index (Phi) is 2.37. The van der Waals surface area contributed by atoms with Gasteiger partial charge in [0.2, 0.25) is 0 Å². The van der Waals surface area contributed by atoms with Crippen LogP contribution < -0.4 is 5.73 Å². The van der Waals surface area contributed by atoms with Crippen LogP contribution in [0, 0.1) is 0 Å². The van der Waals surface area contributed by atoms with Gasteiger partial charge in [-0.25, -0.2) is 0 Å². The summed E-state index contributed by atoms with van der Waals surface area (Å²) in [6.45, 7) is 2.16. The van der Waals surface area contributed by atoms with Crippen molar-refractivity contribution in [3.8, 4) is 0 Å². The van der Waals surface area contributed by atoms with E-state index in [0.29, 0.717) is 0 Å². The second kappa shape index (κ2) is 3.30. The molecule has 0 aliphatic heterocycles. The SMILES string of the molecule is CCCCc1cc(N)co1. The Morgan fingerprint density at radius 2 is 2.40 bits per heavy atom. The molecule has 56 valence electrons. The first-order valence-corrected chi connectivity index (χ1v) is 3.66. The van der Waals surface area contributed by atoms with E-state index in [2.05, 4.69) is 6.92 Å². The van der Waals surface area contributed by atoms with E-state index in [4.69, 9.17) is 10.2 Å². The lowest BCUT2D eigenvalue weighted by molar-refractivity contribution is 0.501. The maximum Gasteiger partial charge on any atom is 0.114 e. The zero-order chi connectivity index (χ0) is 7.40. The fraction of sp³-hybridized carbons (Fsp3) is 0.500. The van der Waals surface area contributed by atoms with Gasteiger partial charge in [-0.05, 0) is 6.42 Å². The number of hydrogen-bond donors (Lipinski definition) is 1. The first kappa shape index (κ1) is 7.19. The monoisotopic (exact) mass is 139 g/mol. The smallest absolute Gasteiger partial charge is 0.114 e. The molecule has 1 heterocycles. The van der Waals surface area contributed by atoms with Crippen LogP contribution in [0.25, 0.3) is 0 Å².